The first kappa shape index (κ1) is 24.5. The number of piperidine rings is 1. The van der Waals surface area contributed by atoms with Crippen LogP contribution < -0.4 is 15.5 Å². The van der Waals surface area contributed by atoms with Crippen molar-refractivity contribution in [1.29, 1.82) is 0 Å². The smallest absolute Gasteiger partial charge is 0.410 e. The molecule has 2 fully saturated rings. The van der Waals surface area contributed by atoms with Crippen LogP contribution in [-0.4, -0.2) is 73.7 Å². The summed E-state index contributed by atoms with van der Waals surface area (Å²) in [6.07, 6.45) is 0.358. The lowest BCUT2D eigenvalue weighted by atomic mass is 10.0. The van der Waals surface area contributed by atoms with Crippen LogP contribution in [0.25, 0.3) is 0 Å². The number of carbonyl (C=O) groups is 4. The zero-order valence-electron chi connectivity index (χ0n) is 19.6. The molecule has 2 heterocycles. The Morgan fingerprint density at radius 3 is 2.45 bits per heavy atom. The standard InChI is InChI=1S/C23H32N4O6/c1-23(2,3)33-22(31)27-11-9-26(10-12-27)16-5-6-17(21(30)32-4)15(13-16)14-24-18-7-8-19(28)25-20(18)29/h5-6,13,18,24H,7-12,14H2,1-4H3,(H,25,28,29). The lowest BCUT2D eigenvalue weighted by molar-refractivity contribution is -0.134. The minimum atomic E-state index is -0.539. The topological polar surface area (TPSA) is 117 Å². The Morgan fingerprint density at radius 2 is 1.85 bits per heavy atom. The minimum Gasteiger partial charge on any atom is -0.465 e. The van der Waals surface area contributed by atoms with Crippen molar-refractivity contribution in [3.63, 3.8) is 0 Å². The van der Waals surface area contributed by atoms with Crippen molar-refractivity contribution >= 4 is 29.6 Å². The van der Waals surface area contributed by atoms with E-state index in [1.165, 1.54) is 7.11 Å². The average molecular weight is 461 g/mol. The Labute approximate surface area is 193 Å². The van der Waals surface area contributed by atoms with Gasteiger partial charge in [-0.15, -0.1) is 0 Å². The van der Waals surface area contributed by atoms with Gasteiger partial charge in [0.1, 0.15) is 5.60 Å². The third-order valence-electron chi connectivity index (χ3n) is 5.57. The molecule has 0 radical (unpaired) electrons. The molecule has 10 nitrogen and oxygen atoms in total. The molecule has 2 N–H and O–H groups in total. The largest absolute Gasteiger partial charge is 0.465 e. The van der Waals surface area contributed by atoms with E-state index in [0.29, 0.717) is 43.7 Å². The molecular formula is C23H32N4O6. The molecule has 180 valence electrons. The van der Waals surface area contributed by atoms with E-state index in [1.54, 1.807) is 11.0 Å². The van der Waals surface area contributed by atoms with Gasteiger partial charge in [-0.05, 0) is 51.0 Å². The van der Waals surface area contributed by atoms with Crippen molar-refractivity contribution in [2.45, 2.75) is 51.8 Å². The molecule has 1 aromatic carbocycles. The second-order valence-electron chi connectivity index (χ2n) is 9.17. The number of hydrogen-bond acceptors (Lipinski definition) is 8. The third-order valence-corrected chi connectivity index (χ3v) is 5.57. The molecule has 1 aromatic rings. The van der Waals surface area contributed by atoms with Crippen LogP contribution in [0.4, 0.5) is 10.5 Å². The third kappa shape index (κ3) is 6.44. The average Bonchev–Trinajstić information content (AvgIpc) is 2.77. The summed E-state index contributed by atoms with van der Waals surface area (Å²) in [5.41, 5.74) is 1.47. The van der Waals surface area contributed by atoms with E-state index in [0.717, 1.165) is 5.69 Å². The molecule has 2 saturated heterocycles. The monoisotopic (exact) mass is 460 g/mol. The molecule has 0 aromatic heterocycles. The fourth-order valence-electron chi connectivity index (χ4n) is 3.83. The highest BCUT2D eigenvalue weighted by Gasteiger charge is 2.28. The molecule has 3 rings (SSSR count). The molecule has 0 aliphatic carbocycles. The summed E-state index contributed by atoms with van der Waals surface area (Å²) in [6, 6.07) is 4.96. The van der Waals surface area contributed by atoms with Gasteiger partial charge in [-0.2, -0.15) is 0 Å². The van der Waals surface area contributed by atoms with Crippen LogP contribution in [0.3, 0.4) is 0 Å². The fraction of sp³-hybridized carbons (Fsp3) is 0.565. The van der Waals surface area contributed by atoms with E-state index in [-0.39, 0.29) is 30.9 Å². The van der Waals surface area contributed by atoms with Crippen LogP contribution in [0.2, 0.25) is 0 Å². The second-order valence-corrected chi connectivity index (χ2v) is 9.17. The van der Waals surface area contributed by atoms with Crippen molar-refractivity contribution in [3.05, 3.63) is 29.3 Å². The number of anilines is 1. The number of rotatable bonds is 5. The number of nitrogens with zero attached hydrogens (tertiary/aromatic N) is 2. The number of methoxy groups -OCH3 is 1. The Bertz CT molecular complexity index is 918. The molecule has 0 saturated carbocycles. The van der Waals surface area contributed by atoms with E-state index in [2.05, 4.69) is 15.5 Å². The molecule has 1 unspecified atom stereocenters. The predicted molar refractivity (Wildman–Crippen MR) is 121 cm³/mol. The first-order chi connectivity index (χ1) is 15.6. The van der Waals surface area contributed by atoms with Crippen LogP contribution in [-0.2, 0) is 25.6 Å². The van der Waals surface area contributed by atoms with Crippen LogP contribution >= 0.6 is 0 Å². The van der Waals surface area contributed by atoms with E-state index in [1.807, 2.05) is 32.9 Å². The Morgan fingerprint density at radius 1 is 1.15 bits per heavy atom. The van der Waals surface area contributed by atoms with Crippen molar-refractivity contribution < 1.29 is 28.7 Å². The molecule has 0 spiro atoms. The summed E-state index contributed by atoms with van der Waals surface area (Å²) < 4.78 is 10.4. The Hall–Kier alpha value is -3.14. The molecule has 33 heavy (non-hydrogen) atoms. The molecule has 1 atom stereocenters. The predicted octanol–water partition coefficient (Wildman–Crippen LogP) is 1.43. The SMILES string of the molecule is COC(=O)c1ccc(N2CCN(C(=O)OC(C)(C)C)CC2)cc1CNC1CCC(=O)NC1=O. The van der Waals surface area contributed by atoms with E-state index >= 15 is 0 Å². The van der Waals surface area contributed by atoms with Crippen LogP contribution in [0.5, 0.6) is 0 Å². The number of nitrogens with one attached hydrogen (secondary N) is 2. The summed E-state index contributed by atoms with van der Waals surface area (Å²) in [7, 11) is 1.32. The second kappa shape index (κ2) is 10.2. The number of imide groups is 1. The molecule has 0 bridgehead atoms. The fourth-order valence-corrected chi connectivity index (χ4v) is 3.83. The number of ether oxygens (including phenoxy) is 2. The lowest BCUT2D eigenvalue weighted by Crippen LogP contribution is -2.50. The van der Waals surface area contributed by atoms with Crippen molar-refractivity contribution in [2.24, 2.45) is 0 Å². The van der Waals surface area contributed by atoms with Gasteiger partial charge in [0.05, 0.1) is 18.7 Å². The van der Waals surface area contributed by atoms with E-state index in [9.17, 15) is 19.2 Å². The Kier molecular flexibility index (Phi) is 7.57. The van der Waals surface area contributed by atoms with Gasteiger partial charge < -0.3 is 24.6 Å². The van der Waals surface area contributed by atoms with Crippen LogP contribution in [0.15, 0.2) is 18.2 Å². The summed E-state index contributed by atoms with van der Waals surface area (Å²) in [4.78, 5) is 51.8. The highest BCUT2D eigenvalue weighted by molar-refractivity contribution is 6.00. The zero-order chi connectivity index (χ0) is 24.2. The van der Waals surface area contributed by atoms with Crippen molar-refractivity contribution in [2.75, 3.05) is 38.2 Å². The van der Waals surface area contributed by atoms with Crippen LogP contribution in [0, 0.1) is 0 Å². The first-order valence-electron chi connectivity index (χ1n) is 11.1. The van der Waals surface area contributed by atoms with Gasteiger partial charge in [0.25, 0.3) is 0 Å². The van der Waals surface area contributed by atoms with Crippen molar-refractivity contribution in [1.82, 2.24) is 15.5 Å². The van der Waals surface area contributed by atoms with E-state index in [4.69, 9.17) is 9.47 Å². The first-order valence-corrected chi connectivity index (χ1v) is 11.1. The van der Waals surface area contributed by atoms with Gasteiger partial charge in [0, 0.05) is 44.8 Å². The van der Waals surface area contributed by atoms with Gasteiger partial charge >= 0.3 is 12.1 Å². The number of benzene rings is 1. The maximum atomic E-state index is 12.3. The maximum Gasteiger partial charge on any atom is 0.410 e. The minimum absolute atomic E-state index is 0.266. The molecule has 3 amide bonds. The van der Waals surface area contributed by atoms with Gasteiger partial charge in [-0.3, -0.25) is 14.9 Å². The highest BCUT2D eigenvalue weighted by Crippen LogP contribution is 2.23. The molecule has 2 aliphatic rings. The summed E-state index contributed by atoms with van der Waals surface area (Å²) in [5.74, 6) is -1.10. The number of hydrogen-bond donors (Lipinski definition) is 2. The number of amides is 3. The molecule has 2 aliphatic heterocycles. The summed E-state index contributed by atoms with van der Waals surface area (Å²) in [6.45, 7) is 8.09. The quantitative estimate of drug-likeness (QED) is 0.501. The highest BCUT2D eigenvalue weighted by atomic mass is 16.6. The normalized spacial score (nSPS) is 19.2. The maximum absolute atomic E-state index is 12.3. The van der Waals surface area contributed by atoms with Crippen LogP contribution in [0.1, 0.15) is 49.5 Å². The summed E-state index contributed by atoms with van der Waals surface area (Å²) in [5, 5.41) is 5.46. The van der Waals surface area contributed by atoms with Gasteiger partial charge in [0.15, 0.2) is 0 Å². The van der Waals surface area contributed by atoms with Gasteiger partial charge in [-0.25, -0.2) is 9.59 Å². The van der Waals surface area contributed by atoms with Gasteiger partial charge in [-0.1, -0.05) is 0 Å². The van der Waals surface area contributed by atoms with E-state index < -0.39 is 17.6 Å². The van der Waals surface area contributed by atoms with Gasteiger partial charge in [0.2, 0.25) is 11.8 Å². The lowest BCUT2D eigenvalue weighted by Gasteiger charge is -2.37. The number of piperazine rings is 1. The number of carbonyl (C=O) groups excluding carboxylic acids is 4. The van der Waals surface area contributed by atoms with Crippen molar-refractivity contribution in [3.8, 4) is 0 Å². The zero-order valence-corrected chi connectivity index (χ0v) is 19.6. The molecule has 10 heteroatoms. The molecular weight excluding hydrogens is 428 g/mol. The Balaban J connectivity index is 1.68. The summed E-state index contributed by atoms with van der Waals surface area (Å²) >= 11 is 0. The number of esters is 1.